The van der Waals surface area contributed by atoms with E-state index in [1.807, 2.05) is 25.1 Å². The van der Waals surface area contributed by atoms with Crippen LogP contribution >= 0.6 is 0 Å². The average Bonchev–Trinajstić information content (AvgIpc) is 2.16. The number of carboxylic acid groups (broad SMARTS) is 1. The molecule has 1 aromatic rings. The molecule has 1 unspecified atom stereocenters. The van der Waals surface area contributed by atoms with Gasteiger partial charge in [-0.2, -0.15) is 0 Å². The summed E-state index contributed by atoms with van der Waals surface area (Å²) in [5, 5.41) is 9.03. The first-order chi connectivity index (χ1) is 7.50. The van der Waals surface area contributed by atoms with Gasteiger partial charge in [-0.25, -0.2) is 0 Å². The summed E-state index contributed by atoms with van der Waals surface area (Å²) in [5.41, 5.74) is 2.42. The minimum absolute atomic E-state index is 0.402. The Labute approximate surface area is 96.7 Å². The summed E-state index contributed by atoms with van der Waals surface area (Å²) in [4.78, 5) is 12.7. The lowest BCUT2D eigenvalue weighted by atomic mass is 10.0. The Kier molecular flexibility index (Phi) is 4.50. The molecule has 1 rings (SSSR count). The van der Waals surface area contributed by atoms with Crippen molar-refractivity contribution in [1.82, 2.24) is 4.90 Å². The number of hydrogen-bond donors (Lipinski definition) is 1. The van der Waals surface area contributed by atoms with Crippen molar-refractivity contribution in [2.45, 2.75) is 25.8 Å². The molecule has 0 amide bonds. The van der Waals surface area contributed by atoms with E-state index in [0.717, 1.165) is 6.42 Å². The molecule has 0 heterocycles. The lowest BCUT2D eigenvalue weighted by Crippen LogP contribution is -2.35. The summed E-state index contributed by atoms with van der Waals surface area (Å²) in [6.07, 6.45) is 1.45. The Morgan fingerprint density at radius 2 is 2.12 bits per heavy atom. The van der Waals surface area contributed by atoms with Gasteiger partial charge in [0.25, 0.3) is 0 Å². The summed E-state index contributed by atoms with van der Waals surface area (Å²) in [6.45, 7) is 2.05. The number of rotatable bonds is 5. The molecular formula is C13H19NO2. The van der Waals surface area contributed by atoms with Crippen LogP contribution in [0.2, 0.25) is 0 Å². The van der Waals surface area contributed by atoms with E-state index in [9.17, 15) is 4.79 Å². The minimum Gasteiger partial charge on any atom is -0.480 e. The first-order valence-electron chi connectivity index (χ1n) is 5.45. The number of aliphatic carboxylic acids is 1. The van der Waals surface area contributed by atoms with Gasteiger partial charge in [0, 0.05) is 0 Å². The Balaban J connectivity index is 2.59. The molecular weight excluding hydrogens is 202 g/mol. The highest BCUT2D eigenvalue weighted by molar-refractivity contribution is 5.73. The maximum Gasteiger partial charge on any atom is 0.320 e. The van der Waals surface area contributed by atoms with Gasteiger partial charge in [0.1, 0.15) is 6.04 Å². The Bertz CT molecular complexity index is 361. The maximum atomic E-state index is 11.0. The third-order valence-electron chi connectivity index (χ3n) is 2.70. The van der Waals surface area contributed by atoms with Crippen molar-refractivity contribution in [2.24, 2.45) is 0 Å². The largest absolute Gasteiger partial charge is 0.480 e. The van der Waals surface area contributed by atoms with Gasteiger partial charge in [0.2, 0.25) is 0 Å². The van der Waals surface area contributed by atoms with Crippen molar-refractivity contribution < 1.29 is 9.90 Å². The van der Waals surface area contributed by atoms with Crippen LogP contribution in [0.5, 0.6) is 0 Å². The lowest BCUT2D eigenvalue weighted by Gasteiger charge is -2.19. The first-order valence-corrected chi connectivity index (χ1v) is 5.45. The van der Waals surface area contributed by atoms with E-state index in [4.69, 9.17) is 5.11 Å². The summed E-state index contributed by atoms with van der Waals surface area (Å²) in [5.74, 6) is -0.752. The van der Waals surface area contributed by atoms with Crippen LogP contribution in [0.15, 0.2) is 24.3 Å². The fourth-order valence-electron chi connectivity index (χ4n) is 1.77. The smallest absolute Gasteiger partial charge is 0.320 e. The molecule has 0 aromatic heterocycles. The fraction of sp³-hybridized carbons (Fsp3) is 0.462. The number of carboxylic acids is 1. The van der Waals surface area contributed by atoms with Gasteiger partial charge in [-0.1, -0.05) is 29.8 Å². The second kappa shape index (κ2) is 5.66. The zero-order chi connectivity index (χ0) is 12.1. The molecule has 3 heteroatoms. The van der Waals surface area contributed by atoms with Gasteiger partial charge in [-0.15, -0.1) is 0 Å². The fourth-order valence-corrected chi connectivity index (χ4v) is 1.77. The minimum atomic E-state index is -0.752. The van der Waals surface area contributed by atoms with Crippen molar-refractivity contribution >= 4 is 5.97 Å². The zero-order valence-corrected chi connectivity index (χ0v) is 10.1. The van der Waals surface area contributed by atoms with E-state index in [-0.39, 0.29) is 0 Å². The molecule has 0 radical (unpaired) electrons. The van der Waals surface area contributed by atoms with E-state index >= 15 is 0 Å². The van der Waals surface area contributed by atoms with Crippen LogP contribution in [0, 0.1) is 6.92 Å². The van der Waals surface area contributed by atoms with Gasteiger partial charge in [-0.05, 0) is 39.4 Å². The predicted octanol–water partition coefficient (Wildman–Crippen LogP) is 1.94. The molecule has 0 bridgehead atoms. The van der Waals surface area contributed by atoms with Crippen LogP contribution in [-0.4, -0.2) is 36.1 Å². The van der Waals surface area contributed by atoms with Crippen molar-refractivity contribution in [3.8, 4) is 0 Å². The summed E-state index contributed by atoms with van der Waals surface area (Å²) in [6, 6.07) is 7.80. The van der Waals surface area contributed by atoms with Crippen molar-refractivity contribution in [3.05, 3.63) is 35.4 Å². The third kappa shape index (κ3) is 3.66. The van der Waals surface area contributed by atoms with Crippen molar-refractivity contribution in [1.29, 1.82) is 0 Å². The lowest BCUT2D eigenvalue weighted by molar-refractivity contribution is -0.142. The van der Waals surface area contributed by atoms with Crippen LogP contribution in [0.4, 0.5) is 0 Å². The van der Waals surface area contributed by atoms with E-state index in [1.54, 1.807) is 19.0 Å². The highest BCUT2D eigenvalue weighted by atomic mass is 16.4. The average molecular weight is 221 g/mol. The molecule has 88 valence electrons. The zero-order valence-electron chi connectivity index (χ0n) is 10.1. The van der Waals surface area contributed by atoms with Crippen LogP contribution < -0.4 is 0 Å². The molecule has 0 fully saturated rings. The molecule has 1 atom stereocenters. The summed E-state index contributed by atoms with van der Waals surface area (Å²) in [7, 11) is 3.60. The standard InChI is InChI=1S/C13H19NO2/c1-10-5-4-6-11(9-10)7-8-12(13(15)16)14(2)3/h4-6,9,12H,7-8H2,1-3H3,(H,15,16). The summed E-state index contributed by atoms with van der Waals surface area (Å²) < 4.78 is 0. The first kappa shape index (κ1) is 12.7. The molecule has 0 aliphatic carbocycles. The summed E-state index contributed by atoms with van der Waals surface area (Å²) >= 11 is 0. The van der Waals surface area contributed by atoms with Gasteiger partial charge in [0.05, 0.1) is 0 Å². The number of hydrogen-bond acceptors (Lipinski definition) is 2. The van der Waals surface area contributed by atoms with Gasteiger partial charge in [0.15, 0.2) is 0 Å². The van der Waals surface area contributed by atoms with Crippen molar-refractivity contribution in [3.63, 3.8) is 0 Å². The number of nitrogens with zero attached hydrogens (tertiary/aromatic N) is 1. The van der Waals surface area contributed by atoms with Crippen LogP contribution in [0.25, 0.3) is 0 Å². The topological polar surface area (TPSA) is 40.5 Å². The Morgan fingerprint density at radius 1 is 1.44 bits per heavy atom. The molecule has 0 aliphatic heterocycles. The molecule has 1 aromatic carbocycles. The Morgan fingerprint density at radius 3 is 2.62 bits per heavy atom. The molecule has 1 N–H and O–H groups in total. The van der Waals surface area contributed by atoms with E-state index < -0.39 is 12.0 Å². The maximum absolute atomic E-state index is 11.0. The second-order valence-corrected chi connectivity index (χ2v) is 4.35. The quantitative estimate of drug-likeness (QED) is 0.826. The van der Waals surface area contributed by atoms with Crippen molar-refractivity contribution in [2.75, 3.05) is 14.1 Å². The van der Waals surface area contributed by atoms with E-state index in [2.05, 4.69) is 6.07 Å². The number of benzene rings is 1. The van der Waals surface area contributed by atoms with Crippen LogP contribution in [0.1, 0.15) is 17.5 Å². The highest BCUT2D eigenvalue weighted by Crippen LogP contribution is 2.10. The Hall–Kier alpha value is -1.35. The molecule has 0 saturated carbocycles. The van der Waals surface area contributed by atoms with Gasteiger partial charge >= 0.3 is 5.97 Å². The molecule has 0 spiro atoms. The highest BCUT2D eigenvalue weighted by Gasteiger charge is 2.19. The van der Waals surface area contributed by atoms with Gasteiger partial charge < -0.3 is 5.11 Å². The predicted molar refractivity (Wildman–Crippen MR) is 64.6 cm³/mol. The SMILES string of the molecule is Cc1cccc(CCC(C(=O)O)N(C)C)c1. The monoisotopic (exact) mass is 221 g/mol. The van der Waals surface area contributed by atoms with Crippen LogP contribution in [-0.2, 0) is 11.2 Å². The van der Waals surface area contributed by atoms with Gasteiger partial charge in [-0.3, -0.25) is 9.69 Å². The second-order valence-electron chi connectivity index (χ2n) is 4.35. The third-order valence-corrected chi connectivity index (χ3v) is 2.70. The molecule has 0 saturated heterocycles. The van der Waals surface area contributed by atoms with Crippen LogP contribution in [0.3, 0.4) is 0 Å². The normalized spacial score (nSPS) is 12.8. The number of likely N-dealkylation sites (N-methyl/N-ethyl adjacent to an activating group) is 1. The number of aryl methyl sites for hydroxylation is 2. The number of carbonyl (C=O) groups is 1. The molecule has 3 nitrogen and oxygen atoms in total. The van der Waals surface area contributed by atoms with E-state index in [0.29, 0.717) is 6.42 Å². The molecule has 0 aliphatic rings. The van der Waals surface area contributed by atoms with E-state index in [1.165, 1.54) is 11.1 Å². The molecule has 16 heavy (non-hydrogen) atoms.